The minimum Gasteiger partial charge on any atom is -0.236 e. The van der Waals surface area contributed by atoms with Crippen molar-refractivity contribution in [1.29, 1.82) is 0 Å². The van der Waals surface area contributed by atoms with Crippen molar-refractivity contribution in [2.75, 3.05) is 0 Å². The van der Waals surface area contributed by atoms with E-state index in [9.17, 15) is 26.3 Å². The molecule has 6 heteroatoms. The van der Waals surface area contributed by atoms with E-state index in [-0.39, 0.29) is 33.4 Å². The van der Waals surface area contributed by atoms with E-state index in [2.05, 4.69) is 0 Å². The van der Waals surface area contributed by atoms with Crippen molar-refractivity contribution in [1.82, 2.24) is 0 Å². The summed E-state index contributed by atoms with van der Waals surface area (Å²) in [5, 5.41) is 0. The van der Waals surface area contributed by atoms with E-state index in [0.29, 0.717) is 0 Å². The zero-order valence-electron chi connectivity index (χ0n) is 11.6. The zero-order valence-corrected chi connectivity index (χ0v) is 11.6. The first-order chi connectivity index (χ1) is 9.11. The maximum Gasteiger partial charge on any atom is 0.273 e. The predicted molar refractivity (Wildman–Crippen MR) is 65.1 cm³/mol. The second-order valence-electron chi connectivity index (χ2n) is 4.80. The van der Waals surface area contributed by atoms with E-state index >= 15 is 0 Å². The summed E-state index contributed by atoms with van der Waals surface area (Å²) in [6, 6.07) is 0. The molecular formula is C14H16F6. The predicted octanol–water partition coefficient (Wildman–Crippen LogP) is 5.47. The highest BCUT2D eigenvalue weighted by Gasteiger charge is 2.32. The van der Waals surface area contributed by atoms with E-state index in [1.54, 1.807) is 0 Å². The van der Waals surface area contributed by atoms with Crippen LogP contribution in [0.2, 0.25) is 0 Å². The molecule has 0 radical (unpaired) electrons. The Kier molecular flexibility index (Phi) is 5.10. The van der Waals surface area contributed by atoms with Crippen molar-refractivity contribution in [2.45, 2.75) is 52.9 Å². The molecule has 0 nitrogen and oxygen atoms in total. The third-order valence-electron chi connectivity index (χ3n) is 3.74. The van der Waals surface area contributed by atoms with Crippen molar-refractivity contribution in [3.8, 4) is 0 Å². The van der Waals surface area contributed by atoms with Gasteiger partial charge in [0.15, 0.2) is 12.3 Å². The van der Waals surface area contributed by atoms with Gasteiger partial charge in [0.1, 0.15) is 0 Å². The average molecular weight is 298 g/mol. The normalized spacial score (nSPS) is 15.0. The van der Waals surface area contributed by atoms with Gasteiger partial charge in [-0.2, -0.15) is 0 Å². The molecule has 0 heterocycles. The fourth-order valence-corrected chi connectivity index (χ4v) is 2.45. The van der Waals surface area contributed by atoms with Crippen LogP contribution >= 0.6 is 0 Å². The zero-order chi connectivity index (χ0) is 15.8. The molecule has 0 aliphatic carbocycles. The highest BCUT2D eigenvalue weighted by atomic mass is 19.3. The molecule has 0 saturated heterocycles. The first-order valence-corrected chi connectivity index (χ1v) is 6.05. The van der Waals surface area contributed by atoms with E-state index < -0.39 is 25.2 Å². The van der Waals surface area contributed by atoms with Crippen LogP contribution in [-0.2, 0) is 0 Å². The van der Waals surface area contributed by atoms with Gasteiger partial charge in [0.2, 0.25) is 0 Å². The quantitative estimate of drug-likeness (QED) is 0.646. The molecule has 1 aromatic carbocycles. The second kappa shape index (κ2) is 6.06. The molecule has 0 spiro atoms. The van der Waals surface area contributed by atoms with Crippen molar-refractivity contribution >= 4 is 0 Å². The van der Waals surface area contributed by atoms with Crippen LogP contribution in [0.5, 0.6) is 0 Å². The molecule has 2 atom stereocenters. The fraction of sp³-hybridized carbons (Fsp3) is 0.571. The molecule has 0 amide bonds. The number of halogens is 6. The molecule has 1 rings (SSSR count). The van der Waals surface area contributed by atoms with Gasteiger partial charge in [-0.1, -0.05) is 0 Å². The molecule has 0 aliphatic heterocycles. The van der Waals surface area contributed by atoms with Gasteiger partial charge in [-0.3, -0.25) is 0 Å². The van der Waals surface area contributed by atoms with E-state index in [1.165, 1.54) is 27.7 Å². The summed E-state index contributed by atoms with van der Waals surface area (Å²) in [4.78, 5) is 0. The molecule has 0 saturated carbocycles. The molecule has 0 aromatic heterocycles. The molecule has 114 valence electrons. The largest absolute Gasteiger partial charge is 0.273 e. The average Bonchev–Trinajstić information content (AvgIpc) is 2.36. The number of alkyl halides is 6. The SMILES string of the molecule is Cc1c(C)c(C(F)C(F)F)c(C)c(C)c1C(F)C(F)F. The number of hydrogen-bond acceptors (Lipinski definition) is 0. The third kappa shape index (κ3) is 2.79. The Balaban J connectivity index is 3.58. The van der Waals surface area contributed by atoms with Crippen molar-refractivity contribution in [3.05, 3.63) is 33.4 Å². The van der Waals surface area contributed by atoms with Crippen LogP contribution in [0.3, 0.4) is 0 Å². The van der Waals surface area contributed by atoms with E-state index in [4.69, 9.17) is 0 Å². The first-order valence-electron chi connectivity index (χ1n) is 6.05. The van der Waals surface area contributed by atoms with E-state index in [1.807, 2.05) is 0 Å². The van der Waals surface area contributed by atoms with Crippen LogP contribution in [0.25, 0.3) is 0 Å². The Hall–Kier alpha value is -1.20. The lowest BCUT2D eigenvalue weighted by Crippen LogP contribution is -2.15. The van der Waals surface area contributed by atoms with Crippen molar-refractivity contribution in [2.24, 2.45) is 0 Å². The molecule has 0 bridgehead atoms. The molecule has 20 heavy (non-hydrogen) atoms. The van der Waals surface area contributed by atoms with Crippen LogP contribution in [0.1, 0.15) is 45.7 Å². The fourth-order valence-electron chi connectivity index (χ4n) is 2.45. The monoisotopic (exact) mass is 298 g/mol. The third-order valence-corrected chi connectivity index (χ3v) is 3.74. The minimum absolute atomic E-state index is 0.0965. The van der Waals surface area contributed by atoms with Gasteiger partial charge in [0.05, 0.1) is 0 Å². The van der Waals surface area contributed by atoms with Crippen LogP contribution in [0, 0.1) is 27.7 Å². The van der Waals surface area contributed by atoms with Crippen LogP contribution in [-0.4, -0.2) is 12.9 Å². The first kappa shape index (κ1) is 16.9. The summed E-state index contributed by atoms with van der Waals surface area (Å²) < 4.78 is 77.5. The maximum absolute atomic E-state index is 13.6. The van der Waals surface area contributed by atoms with Gasteiger partial charge in [-0.15, -0.1) is 0 Å². The smallest absolute Gasteiger partial charge is 0.236 e. The number of rotatable bonds is 4. The Morgan fingerprint density at radius 3 is 0.850 bits per heavy atom. The molecule has 0 N–H and O–H groups in total. The second-order valence-corrected chi connectivity index (χ2v) is 4.80. The summed E-state index contributed by atoms with van der Waals surface area (Å²) in [6.45, 7) is 5.36. The van der Waals surface area contributed by atoms with Gasteiger partial charge in [0.25, 0.3) is 12.9 Å². The van der Waals surface area contributed by atoms with Crippen molar-refractivity contribution < 1.29 is 26.3 Å². The number of benzene rings is 1. The number of hydrogen-bond donors (Lipinski definition) is 0. The molecular weight excluding hydrogens is 282 g/mol. The van der Waals surface area contributed by atoms with Crippen LogP contribution < -0.4 is 0 Å². The maximum atomic E-state index is 13.6. The minimum atomic E-state index is -3.21. The standard InChI is InChI=1S/C14H16F6/c1-5-6(2)10(12(16)14(19)20)8(4)7(3)9(5)11(15)13(17)18/h11-14H,1-4H3. The summed E-state index contributed by atoms with van der Waals surface area (Å²) in [5.41, 5.74) is -0.0859. The summed E-state index contributed by atoms with van der Waals surface area (Å²) in [7, 11) is 0. The van der Waals surface area contributed by atoms with Gasteiger partial charge < -0.3 is 0 Å². The molecule has 2 unspecified atom stereocenters. The highest BCUT2D eigenvalue weighted by Crippen LogP contribution is 2.39. The Labute approximate surface area is 113 Å². The Bertz CT molecular complexity index is 421. The molecule has 0 aliphatic rings. The van der Waals surface area contributed by atoms with Gasteiger partial charge >= 0.3 is 0 Å². The highest BCUT2D eigenvalue weighted by molar-refractivity contribution is 5.52. The summed E-state index contributed by atoms with van der Waals surface area (Å²) in [6.07, 6.45) is -11.4. The topological polar surface area (TPSA) is 0 Å². The Morgan fingerprint density at radius 1 is 0.500 bits per heavy atom. The lowest BCUT2D eigenvalue weighted by atomic mass is 9.85. The summed E-state index contributed by atoms with van der Waals surface area (Å²) in [5.74, 6) is 0. The lowest BCUT2D eigenvalue weighted by molar-refractivity contribution is 0.0465. The van der Waals surface area contributed by atoms with Gasteiger partial charge in [0, 0.05) is 0 Å². The van der Waals surface area contributed by atoms with Crippen LogP contribution in [0.4, 0.5) is 26.3 Å². The Morgan fingerprint density at radius 2 is 0.700 bits per heavy atom. The van der Waals surface area contributed by atoms with Gasteiger partial charge in [-0.05, 0) is 61.1 Å². The van der Waals surface area contributed by atoms with Crippen LogP contribution in [0.15, 0.2) is 0 Å². The molecule has 0 fully saturated rings. The van der Waals surface area contributed by atoms with Gasteiger partial charge in [-0.25, -0.2) is 26.3 Å². The lowest BCUT2D eigenvalue weighted by Gasteiger charge is -2.23. The summed E-state index contributed by atoms with van der Waals surface area (Å²) >= 11 is 0. The van der Waals surface area contributed by atoms with Crippen molar-refractivity contribution in [3.63, 3.8) is 0 Å². The van der Waals surface area contributed by atoms with E-state index in [0.717, 1.165) is 0 Å². The molecule has 1 aromatic rings.